The summed E-state index contributed by atoms with van der Waals surface area (Å²) in [4.78, 5) is 10.9. The second-order valence-corrected chi connectivity index (χ2v) is 4.93. The fourth-order valence-electron chi connectivity index (χ4n) is 2.34. The molecule has 0 bridgehead atoms. The highest BCUT2D eigenvalue weighted by Crippen LogP contribution is 2.23. The van der Waals surface area contributed by atoms with Crippen LogP contribution in [0.1, 0.15) is 29.6 Å². The fraction of sp³-hybridized carbons (Fsp3) is 0.500. The summed E-state index contributed by atoms with van der Waals surface area (Å²) in [6.07, 6.45) is 2.95. The minimum absolute atomic E-state index is 0. The lowest BCUT2D eigenvalue weighted by Crippen LogP contribution is -2.28. The van der Waals surface area contributed by atoms with Gasteiger partial charge in [0.1, 0.15) is 0 Å². The number of amides is 1. The van der Waals surface area contributed by atoms with Gasteiger partial charge in [-0.25, -0.2) is 4.39 Å². The van der Waals surface area contributed by atoms with Crippen LogP contribution in [0.25, 0.3) is 0 Å². The molecule has 1 aliphatic rings. The van der Waals surface area contributed by atoms with Crippen molar-refractivity contribution in [2.45, 2.75) is 19.3 Å². The molecule has 1 heterocycles. The molecule has 4 nitrogen and oxygen atoms in total. The average Bonchev–Trinajstić information content (AvgIpc) is 2.44. The number of carbonyl (C=O) groups excluding carboxylic acids is 1. The molecular weight excluding hydrogens is 302 g/mol. The van der Waals surface area contributed by atoms with Crippen molar-refractivity contribution in [1.29, 1.82) is 0 Å². The van der Waals surface area contributed by atoms with Crippen LogP contribution in [0.15, 0.2) is 12.1 Å². The summed E-state index contributed by atoms with van der Waals surface area (Å²) in [5.74, 6) is -3.04. The molecule has 1 amide bonds. The molecular formula is C14H19ClF2N2O2. The van der Waals surface area contributed by atoms with E-state index in [1.807, 2.05) is 0 Å². The third-order valence-corrected chi connectivity index (χ3v) is 3.55. The third kappa shape index (κ3) is 4.54. The quantitative estimate of drug-likeness (QED) is 0.874. The van der Waals surface area contributed by atoms with Crippen LogP contribution in [-0.2, 0) is 0 Å². The SMILES string of the molecule is Cl.NC(=O)c1ccc(OCCC2CCNCC2)c(F)c1F. The van der Waals surface area contributed by atoms with Crippen molar-refractivity contribution in [3.8, 4) is 5.75 Å². The van der Waals surface area contributed by atoms with Crippen LogP contribution in [0.2, 0.25) is 0 Å². The zero-order chi connectivity index (χ0) is 14.5. The number of ether oxygens (including phenoxy) is 1. The van der Waals surface area contributed by atoms with Crippen molar-refractivity contribution in [1.82, 2.24) is 5.32 Å². The molecule has 1 aromatic rings. The van der Waals surface area contributed by atoms with Gasteiger partial charge < -0.3 is 15.8 Å². The monoisotopic (exact) mass is 320 g/mol. The Labute approximate surface area is 128 Å². The molecule has 0 saturated carbocycles. The number of carbonyl (C=O) groups is 1. The van der Waals surface area contributed by atoms with Gasteiger partial charge in [-0.3, -0.25) is 4.79 Å². The van der Waals surface area contributed by atoms with Crippen LogP contribution < -0.4 is 15.8 Å². The largest absolute Gasteiger partial charge is 0.490 e. The normalized spacial score (nSPS) is 15.3. The molecule has 0 radical (unpaired) electrons. The molecule has 118 valence electrons. The Morgan fingerprint density at radius 1 is 1.29 bits per heavy atom. The van der Waals surface area contributed by atoms with Gasteiger partial charge in [0, 0.05) is 0 Å². The molecule has 3 N–H and O–H groups in total. The number of hydrogen-bond donors (Lipinski definition) is 2. The van der Waals surface area contributed by atoms with Crippen molar-refractivity contribution in [2.75, 3.05) is 19.7 Å². The molecule has 0 atom stereocenters. The summed E-state index contributed by atoms with van der Waals surface area (Å²) in [6, 6.07) is 2.38. The standard InChI is InChI=1S/C14H18F2N2O2.ClH/c15-12-10(14(17)19)1-2-11(13(12)16)20-8-5-9-3-6-18-7-4-9;/h1-2,9,18H,3-8H2,(H2,17,19);1H. The van der Waals surface area contributed by atoms with E-state index in [-0.39, 0.29) is 18.2 Å². The number of rotatable bonds is 5. The van der Waals surface area contributed by atoms with E-state index in [9.17, 15) is 13.6 Å². The Kier molecular flexibility index (Phi) is 6.84. The number of halogens is 3. The summed E-state index contributed by atoms with van der Waals surface area (Å²) in [5, 5.41) is 3.26. The summed E-state index contributed by atoms with van der Waals surface area (Å²) in [7, 11) is 0. The third-order valence-electron chi connectivity index (χ3n) is 3.55. The second kappa shape index (κ2) is 8.14. The zero-order valence-corrected chi connectivity index (χ0v) is 12.3. The zero-order valence-electron chi connectivity index (χ0n) is 11.5. The highest BCUT2D eigenvalue weighted by molar-refractivity contribution is 5.93. The van der Waals surface area contributed by atoms with Crippen LogP contribution >= 0.6 is 12.4 Å². The van der Waals surface area contributed by atoms with E-state index in [2.05, 4.69) is 5.32 Å². The van der Waals surface area contributed by atoms with E-state index < -0.39 is 23.1 Å². The van der Waals surface area contributed by atoms with Gasteiger partial charge >= 0.3 is 0 Å². The molecule has 7 heteroatoms. The fourth-order valence-corrected chi connectivity index (χ4v) is 2.34. The maximum absolute atomic E-state index is 13.7. The first kappa shape index (κ1) is 17.7. The molecule has 1 aliphatic heterocycles. The number of benzene rings is 1. The van der Waals surface area contributed by atoms with Crippen LogP contribution in [0.3, 0.4) is 0 Å². The summed E-state index contributed by atoms with van der Waals surface area (Å²) < 4.78 is 32.5. The molecule has 2 rings (SSSR count). The lowest BCUT2D eigenvalue weighted by atomic mass is 9.95. The van der Waals surface area contributed by atoms with Crippen LogP contribution in [-0.4, -0.2) is 25.6 Å². The van der Waals surface area contributed by atoms with Gasteiger partial charge in [-0.15, -0.1) is 12.4 Å². The molecule has 1 aromatic carbocycles. The van der Waals surface area contributed by atoms with E-state index in [0.29, 0.717) is 12.5 Å². The van der Waals surface area contributed by atoms with Gasteiger partial charge in [0.2, 0.25) is 5.82 Å². The number of nitrogens with two attached hydrogens (primary N) is 1. The van der Waals surface area contributed by atoms with Crippen LogP contribution in [0.5, 0.6) is 5.75 Å². The smallest absolute Gasteiger partial charge is 0.251 e. The predicted octanol–water partition coefficient (Wildman–Crippen LogP) is 2.25. The molecule has 0 unspecified atom stereocenters. The summed E-state index contributed by atoms with van der Waals surface area (Å²) >= 11 is 0. The number of nitrogens with one attached hydrogen (secondary N) is 1. The van der Waals surface area contributed by atoms with Gasteiger partial charge in [-0.05, 0) is 50.4 Å². The first-order valence-corrected chi connectivity index (χ1v) is 6.71. The Balaban J connectivity index is 0.00000220. The Morgan fingerprint density at radius 2 is 1.95 bits per heavy atom. The van der Waals surface area contributed by atoms with Gasteiger partial charge in [0.15, 0.2) is 11.6 Å². The highest BCUT2D eigenvalue weighted by Gasteiger charge is 2.18. The molecule has 0 spiro atoms. The van der Waals surface area contributed by atoms with Gasteiger partial charge in [-0.2, -0.15) is 4.39 Å². The maximum atomic E-state index is 13.7. The predicted molar refractivity (Wildman–Crippen MR) is 77.8 cm³/mol. The van der Waals surface area contributed by atoms with E-state index in [1.165, 1.54) is 6.07 Å². The topological polar surface area (TPSA) is 64.4 Å². The van der Waals surface area contributed by atoms with Crippen molar-refractivity contribution < 1.29 is 18.3 Å². The van der Waals surface area contributed by atoms with Crippen molar-refractivity contribution in [3.05, 3.63) is 29.3 Å². The first-order valence-electron chi connectivity index (χ1n) is 6.71. The van der Waals surface area contributed by atoms with Crippen LogP contribution in [0, 0.1) is 17.6 Å². The lowest BCUT2D eigenvalue weighted by molar-refractivity contribution is 0.0995. The van der Waals surface area contributed by atoms with E-state index in [0.717, 1.165) is 38.4 Å². The number of piperidine rings is 1. The van der Waals surface area contributed by atoms with Crippen molar-refractivity contribution in [3.63, 3.8) is 0 Å². The number of primary amides is 1. The van der Waals surface area contributed by atoms with E-state index >= 15 is 0 Å². The molecule has 1 saturated heterocycles. The summed E-state index contributed by atoms with van der Waals surface area (Å²) in [6.45, 7) is 2.30. The highest BCUT2D eigenvalue weighted by atomic mass is 35.5. The van der Waals surface area contributed by atoms with Gasteiger partial charge in [0.05, 0.1) is 12.2 Å². The average molecular weight is 321 g/mol. The van der Waals surface area contributed by atoms with E-state index in [1.54, 1.807) is 0 Å². The molecule has 0 aliphatic carbocycles. The molecule has 1 fully saturated rings. The lowest BCUT2D eigenvalue weighted by Gasteiger charge is -2.22. The van der Waals surface area contributed by atoms with Crippen molar-refractivity contribution >= 4 is 18.3 Å². The second-order valence-electron chi connectivity index (χ2n) is 4.93. The van der Waals surface area contributed by atoms with E-state index in [4.69, 9.17) is 10.5 Å². The number of hydrogen-bond acceptors (Lipinski definition) is 3. The maximum Gasteiger partial charge on any atom is 0.251 e. The minimum atomic E-state index is -1.25. The van der Waals surface area contributed by atoms with Gasteiger partial charge in [0.25, 0.3) is 5.91 Å². The Bertz CT molecular complexity index is 494. The first-order chi connectivity index (χ1) is 9.59. The molecule has 0 aromatic heterocycles. The Hall–Kier alpha value is -1.40. The minimum Gasteiger partial charge on any atom is -0.490 e. The van der Waals surface area contributed by atoms with Crippen molar-refractivity contribution in [2.24, 2.45) is 11.7 Å². The van der Waals surface area contributed by atoms with Crippen LogP contribution in [0.4, 0.5) is 8.78 Å². The molecule has 21 heavy (non-hydrogen) atoms. The summed E-state index contributed by atoms with van der Waals surface area (Å²) in [5.41, 5.74) is 4.47. The Morgan fingerprint density at radius 3 is 2.57 bits per heavy atom. The van der Waals surface area contributed by atoms with Gasteiger partial charge in [-0.1, -0.05) is 0 Å².